The van der Waals surface area contributed by atoms with Crippen molar-refractivity contribution in [1.82, 2.24) is 4.98 Å². The molecule has 0 aliphatic rings. The van der Waals surface area contributed by atoms with Crippen molar-refractivity contribution < 1.29 is 13.9 Å². The van der Waals surface area contributed by atoms with Crippen molar-refractivity contribution in [3.63, 3.8) is 0 Å². The van der Waals surface area contributed by atoms with Crippen LogP contribution in [0.25, 0.3) is 10.9 Å². The summed E-state index contributed by atoms with van der Waals surface area (Å²) in [7, 11) is 0. The van der Waals surface area contributed by atoms with Crippen LogP contribution in [-0.2, 0) is 0 Å². The first-order valence-electron chi connectivity index (χ1n) is 6.95. The van der Waals surface area contributed by atoms with Gasteiger partial charge in [0.2, 0.25) is 0 Å². The van der Waals surface area contributed by atoms with Crippen molar-refractivity contribution in [1.29, 1.82) is 0 Å². The molecule has 1 heterocycles. The molecule has 0 saturated heterocycles. The number of aliphatic hydroxyl groups excluding tert-OH is 1. The highest BCUT2D eigenvalue weighted by atomic mass is 79.9. The van der Waals surface area contributed by atoms with Gasteiger partial charge in [-0.1, -0.05) is 28.1 Å². The van der Waals surface area contributed by atoms with Gasteiger partial charge in [-0.05, 0) is 29.8 Å². The quantitative estimate of drug-likeness (QED) is 0.706. The van der Waals surface area contributed by atoms with E-state index in [0.717, 1.165) is 16.1 Å². The molecule has 0 bridgehead atoms. The molecule has 2 N–H and O–H groups in total. The van der Waals surface area contributed by atoms with Gasteiger partial charge in [0.25, 0.3) is 0 Å². The Kier molecular flexibility index (Phi) is 4.54. The van der Waals surface area contributed by atoms with Crippen molar-refractivity contribution >= 4 is 32.5 Å². The lowest BCUT2D eigenvalue weighted by molar-refractivity contribution is 0.276. The number of aliphatic hydroxyl groups is 1. The number of aromatic nitrogens is 1. The van der Waals surface area contributed by atoms with E-state index in [-0.39, 0.29) is 12.1 Å². The minimum Gasteiger partial charge on any atom is -0.394 e. The average Bonchev–Trinajstić information content (AvgIpc) is 2.53. The van der Waals surface area contributed by atoms with E-state index < -0.39 is 17.7 Å². The smallest absolute Gasteiger partial charge is 0.152 e. The number of nitrogens with zero attached hydrogens (tertiary/aromatic N) is 1. The summed E-state index contributed by atoms with van der Waals surface area (Å²) in [6.07, 6.45) is 1.45. The van der Waals surface area contributed by atoms with E-state index in [2.05, 4.69) is 26.2 Å². The first-order valence-corrected chi connectivity index (χ1v) is 7.74. The van der Waals surface area contributed by atoms with Gasteiger partial charge < -0.3 is 10.4 Å². The zero-order valence-electron chi connectivity index (χ0n) is 11.9. The summed E-state index contributed by atoms with van der Waals surface area (Å²) in [5.41, 5.74) is 1.44. The van der Waals surface area contributed by atoms with Crippen LogP contribution in [0.5, 0.6) is 0 Å². The molecule has 1 unspecified atom stereocenters. The summed E-state index contributed by atoms with van der Waals surface area (Å²) in [5.74, 6) is -1.39. The number of halogens is 3. The molecule has 23 heavy (non-hydrogen) atoms. The monoisotopic (exact) mass is 378 g/mol. The first-order chi connectivity index (χ1) is 11.1. The third-order valence-electron chi connectivity index (χ3n) is 3.53. The van der Waals surface area contributed by atoms with Crippen molar-refractivity contribution in [2.75, 3.05) is 11.9 Å². The van der Waals surface area contributed by atoms with E-state index in [1.807, 2.05) is 24.3 Å². The van der Waals surface area contributed by atoms with Gasteiger partial charge in [0.05, 0.1) is 12.6 Å². The summed E-state index contributed by atoms with van der Waals surface area (Å²) in [4.78, 5) is 3.95. The van der Waals surface area contributed by atoms with Crippen molar-refractivity contribution in [2.24, 2.45) is 0 Å². The fourth-order valence-corrected chi connectivity index (χ4v) is 2.87. The molecule has 3 rings (SSSR count). The molecule has 1 aromatic heterocycles. The molecule has 0 aliphatic carbocycles. The van der Waals surface area contributed by atoms with Crippen molar-refractivity contribution in [3.05, 3.63) is 70.3 Å². The predicted molar refractivity (Wildman–Crippen MR) is 89.3 cm³/mol. The Balaban J connectivity index is 2.03. The summed E-state index contributed by atoms with van der Waals surface area (Å²) in [6, 6.07) is 10.7. The van der Waals surface area contributed by atoms with Crippen LogP contribution in [-0.4, -0.2) is 16.7 Å². The minimum atomic E-state index is -0.716. The van der Waals surface area contributed by atoms with Crippen LogP contribution in [0.1, 0.15) is 11.6 Å². The molecule has 6 heteroatoms. The Morgan fingerprint density at radius 2 is 2.00 bits per heavy atom. The highest BCUT2D eigenvalue weighted by Gasteiger charge is 2.14. The molecule has 0 spiro atoms. The number of benzene rings is 2. The molecule has 0 radical (unpaired) electrons. The fraction of sp³-hybridized carbons (Fsp3) is 0.118. The second kappa shape index (κ2) is 6.60. The second-order valence-electron chi connectivity index (χ2n) is 5.08. The van der Waals surface area contributed by atoms with E-state index in [4.69, 9.17) is 0 Å². The predicted octanol–water partition coefficient (Wildman–Crippen LogP) is 4.42. The molecule has 1 atom stereocenters. The highest BCUT2D eigenvalue weighted by molar-refractivity contribution is 9.10. The van der Waals surface area contributed by atoms with E-state index >= 15 is 0 Å². The molecule has 0 amide bonds. The SMILES string of the molecule is OCC(Nc1ccnc2c(F)cc(F)cc12)c1cccc(Br)c1. The van der Waals surface area contributed by atoms with Gasteiger partial charge in [-0.25, -0.2) is 8.78 Å². The van der Waals surface area contributed by atoms with Crippen LogP contribution in [0.4, 0.5) is 14.5 Å². The third kappa shape index (κ3) is 3.33. The van der Waals surface area contributed by atoms with E-state index in [0.29, 0.717) is 11.1 Å². The van der Waals surface area contributed by atoms with Gasteiger partial charge in [-0.2, -0.15) is 0 Å². The highest BCUT2D eigenvalue weighted by Crippen LogP contribution is 2.28. The Morgan fingerprint density at radius 3 is 2.74 bits per heavy atom. The van der Waals surface area contributed by atoms with Gasteiger partial charge in [0, 0.05) is 27.8 Å². The van der Waals surface area contributed by atoms with Crippen LogP contribution in [0, 0.1) is 11.6 Å². The van der Waals surface area contributed by atoms with Crippen molar-refractivity contribution in [2.45, 2.75) is 6.04 Å². The minimum absolute atomic E-state index is 0.0855. The van der Waals surface area contributed by atoms with E-state index in [1.54, 1.807) is 6.07 Å². The lowest BCUT2D eigenvalue weighted by atomic mass is 10.1. The van der Waals surface area contributed by atoms with Crippen LogP contribution >= 0.6 is 15.9 Å². The zero-order valence-corrected chi connectivity index (χ0v) is 13.5. The number of hydrogen-bond acceptors (Lipinski definition) is 3. The van der Waals surface area contributed by atoms with Gasteiger partial charge in [0.1, 0.15) is 11.3 Å². The Bertz CT molecular complexity index is 857. The number of pyridine rings is 1. The summed E-state index contributed by atoms with van der Waals surface area (Å²) < 4.78 is 28.2. The normalized spacial score (nSPS) is 12.3. The van der Waals surface area contributed by atoms with Crippen LogP contribution in [0.3, 0.4) is 0 Å². The molecular weight excluding hydrogens is 366 g/mol. The maximum absolute atomic E-state index is 13.8. The van der Waals surface area contributed by atoms with Gasteiger partial charge >= 0.3 is 0 Å². The van der Waals surface area contributed by atoms with Gasteiger partial charge in [-0.3, -0.25) is 4.98 Å². The summed E-state index contributed by atoms with van der Waals surface area (Å²) in [5, 5.41) is 13.1. The molecule has 0 aliphatic heterocycles. The van der Waals surface area contributed by atoms with Crippen molar-refractivity contribution in [3.8, 4) is 0 Å². The van der Waals surface area contributed by atoms with Crippen LogP contribution in [0.15, 0.2) is 53.1 Å². The molecule has 2 aromatic carbocycles. The molecular formula is C17H13BrF2N2O. The van der Waals surface area contributed by atoms with Gasteiger partial charge in [-0.15, -0.1) is 0 Å². The second-order valence-corrected chi connectivity index (χ2v) is 5.99. The standard InChI is InChI=1S/C17H13BrF2N2O/c18-11-3-1-2-10(6-11)16(9-23)22-15-4-5-21-17-13(15)7-12(19)8-14(17)20/h1-8,16,23H,9H2,(H,21,22). The number of hydrogen-bond donors (Lipinski definition) is 2. The third-order valence-corrected chi connectivity index (χ3v) is 4.02. The lowest BCUT2D eigenvalue weighted by Crippen LogP contribution is -2.15. The largest absolute Gasteiger partial charge is 0.394 e. The molecule has 0 saturated carbocycles. The fourth-order valence-electron chi connectivity index (χ4n) is 2.45. The van der Waals surface area contributed by atoms with Crippen LogP contribution < -0.4 is 5.32 Å². The maximum Gasteiger partial charge on any atom is 0.152 e. The topological polar surface area (TPSA) is 45.1 Å². The molecule has 0 fully saturated rings. The Morgan fingerprint density at radius 1 is 1.17 bits per heavy atom. The zero-order chi connectivity index (χ0) is 16.4. The molecule has 3 aromatic rings. The lowest BCUT2D eigenvalue weighted by Gasteiger charge is -2.19. The Hall–Kier alpha value is -2.05. The number of fused-ring (bicyclic) bond motifs is 1. The van der Waals surface area contributed by atoms with E-state index in [9.17, 15) is 13.9 Å². The van der Waals surface area contributed by atoms with Crippen LogP contribution in [0.2, 0.25) is 0 Å². The maximum atomic E-state index is 13.8. The summed E-state index contributed by atoms with van der Waals surface area (Å²) in [6.45, 7) is -0.169. The number of rotatable bonds is 4. The average molecular weight is 379 g/mol. The van der Waals surface area contributed by atoms with Gasteiger partial charge in [0.15, 0.2) is 5.82 Å². The molecule has 3 nitrogen and oxygen atoms in total. The Labute approximate surface area is 140 Å². The first kappa shape index (κ1) is 15.8. The number of anilines is 1. The summed E-state index contributed by atoms with van der Waals surface area (Å²) >= 11 is 3.39. The molecule has 118 valence electrons. The van der Waals surface area contributed by atoms with E-state index in [1.165, 1.54) is 12.3 Å². The number of nitrogens with one attached hydrogen (secondary N) is 1.